The zero-order valence-corrected chi connectivity index (χ0v) is 17.0. The van der Waals surface area contributed by atoms with Gasteiger partial charge in [0, 0.05) is 24.5 Å². The van der Waals surface area contributed by atoms with Crippen LogP contribution in [-0.2, 0) is 9.59 Å². The first-order valence-corrected chi connectivity index (χ1v) is 10.3. The first-order chi connectivity index (χ1) is 13.1. The standard InChI is InChI=1S/C18H17N3O3S3/c1-24-13-5-2-4-12(10-13)11-14-16(23)21(18(25)27-14)8-3-6-15(22)20-17-19-7-9-26-17/h2,4-5,7,9-11H,3,6,8H2,1H3,(H,19,20,22)/b14-11-. The summed E-state index contributed by atoms with van der Waals surface area (Å²) in [6, 6.07) is 7.47. The van der Waals surface area contributed by atoms with Gasteiger partial charge in [0.15, 0.2) is 5.13 Å². The molecular formula is C18H17N3O3S3. The Morgan fingerprint density at radius 1 is 1.44 bits per heavy atom. The predicted molar refractivity (Wildman–Crippen MR) is 113 cm³/mol. The number of nitrogens with zero attached hydrogens (tertiary/aromatic N) is 2. The van der Waals surface area contributed by atoms with E-state index in [4.69, 9.17) is 17.0 Å². The zero-order valence-electron chi connectivity index (χ0n) is 14.5. The first kappa shape index (κ1) is 19.5. The largest absolute Gasteiger partial charge is 0.497 e. The highest BCUT2D eigenvalue weighted by molar-refractivity contribution is 8.26. The molecule has 3 rings (SSSR count). The number of amides is 2. The Balaban J connectivity index is 1.55. The van der Waals surface area contributed by atoms with Crippen molar-refractivity contribution in [2.45, 2.75) is 12.8 Å². The summed E-state index contributed by atoms with van der Waals surface area (Å²) in [5.74, 6) is 0.473. The summed E-state index contributed by atoms with van der Waals surface area (Å²) in [6.45, 7) is 0.408. The van der Waals surface area contributed by atoms with E-state index in [0.717, 1.165) is 11.3 Å². The lowest BCUT2D eigenvalue weighted by molar-refractivity contribution is -0.122. The van der Waals surface area contributed by atoms with Crippen LogP contribution in [0, 0.1) is 0 Å². The van der Waals surface area contributed by atoms with Crippen LogP contribution in [0.5, 0.6) is 5.75 Å². The highest BCUT2D eigenvalue weighted by Gasteiger charge is 2.31. The van der Waals surface area contributed by atoms with Crippen LogP contribution in [0.15, 0.2) is 40.7 Å². The molecule has 2 aromatic rings. The van der Waals surface area contributed by atoms with Crippen LogP contribution in [0.2, 0.25) is 0 Å². The molecule has 2 amide bonds. The SMILES string of the molecule is COc1cccc(/C=C2\SC(=S)N(CCCC(=O)Nc3nccs3)C2=O)c1. The smallest absolute Gasteiger partial charge is 0.266 e. The number of methoxy groups -OCH3 is 1. The first-order valence-electron chi connectivity index (χ1n) is 8.15. The molecular weight excluding hydrogens is 402 g/mol. The summed E-state index contributed by atoms with van der Waals surface area (Å²) in [6.07, 6.45) is 4.26. The maximum absolute atomic E-state index is 12.6. The van der Waals surface area contributed by atoms with Crippen LogP contribution >= 0.6 is 35.3 Å². The lowest BCUT2D eigenvalue weighted by Crippen LogP contribution is -2.29. The average Bonchev–Trinajstić information content (AvgIpc) is 3.25. The number of thiazole rings is 1. The lowest BCUT2D eigenvalue weighted by Gasteiger charge is -2.13. The second-order valence-electron chi connectivity index (χ2n) is 5.60. The molecule has 1 aliphatic rings. The van der Waals surface area contributed by atoms with Crippen molar-refractivity contribution < 1.29 is 14.3 Å². The average molecular weight is 420 g/mol. The van der Waals surface area contributed by atoms with Crippen LogP contribution in [0.3, 0.4) is 0 Å². The van der Waals surface area contributed by atoms with Gasteiger partial charge in [-0.25, -0.2) is 4.98 Å². The summed E-state index contributed by atoms with van der Waals surface area (Å²) in [5.41, 5.74) is 0.873. The van der Waals surface area contributed by atoms with Crippen molar-refractivity contribution in [3.05, 3.63) is 46.3 Å². The molecule has 27 heavy (non-hydrogen) atoms. The number of anilines is 1. The molecule has 1 aromatic carbocycles. The van der Waals surface area contributed by atoms with Gasteiger partial charge in [-0.2, -0.15) is 0 Å². The number of ether oxygens (including phenoxy) is 1. The topological polar surface area (TPSA) is 71.5 Å². The van der Waals surface area contributed by atoms with Crippen molar-refractivity contribution in [1.29, 1.82) is 0 Å². The van der Waals surface area contributed by atoms with E-state index >= 15 is 0 Å². The molecule has 0 aliphatic carbocycles. The molecule has 1 fully saturated rings. The van der Waals surface area contributed by atoms with Gasteiger partial charge in [-0.05, 0) is 30.2 Å². The van der Waals surface area contributed by atoms with E-state index in [-0.39, 0.29) is 11.8 Å². The van der Waals surface area contributed by atoms with Crippen LogP contribution in [0.4, 0.5) is 5.13 Å². The molecule has 140 valence electrons. The van der Waals surface area contributed by atoms with E-state index in [9.17, 15) is 9.59 Å². The Morgan fingerprint density at radius 2 is 2.30 bits per heavy atom. The monoisotopic (exact) mass is 419 g/mol. The van der Waals surface area contributed by atoms with Gasteiger partial charge in [0.05, 0.1) is 12.0 Å². The van der Waals surface area contributed by atoms with Gasteiger partial charge in [-0.15, -0.1) is 11.3 Å². The number of rotatable bonds is 7. The zero-order chi connectivity index (χ0) is 19.2. The number of thiocarbonyl (C=S) groups is 1. The Labute approximate surface area is 170 Å². The molecule has 6 nitrogen and oxygen atoms in total. The number of nitrogens with one attached hydrogen (secondary N) is 1. The van der Waals surface area contributed by atoms with E-state index in [1.165, 1.54) is 23.1 Å². The van der Waals surface area contributed by atoms with Crippen molar-refractivity contribution in [2.24, 2.45) is 0 Å². The van der Waals surface area contributed by atoms with Gasteiger partial charge in [-0.3, -0.25) is 14.5 Å². The fourth-order valence-electron chi connectivity index (χ4n) is 2.44. The molecule has 1 aromatic heterocycles. The van der Waals surface area contributed by atoms with Crippen molar-refractivity contribution in [3.63, 3.8) is 0 Å². The van der Waals surface area contributed by atoms with E-state index in [2.05, 4.69) is 10.3 Å². The van der Waals surface area contributed by atoms with Crippen LogP contribution in [0.25, 0.3) is 6.08 Å². The molecule has 0 saturated carbocycles. The van der Waals surface area contributed by atoms with E-state index in [1.54, 1.807) is 29.7 Å². The van der Waals surface area contributed by atoms with Crippen molar-refractivity contribution in [1.82, 2.24) is 9.88 Å². The minimum Gasteiger partial charge on any atom is -0.497 e. The summed E-state index contributed by atoms with van der Waals surface area (Å²) in [7, 11) is 1.60. The van der Waals surface area contributed by atoms with Gasteiger partial charge in [0.2, 0.25) is 5.91 Å². The Hall–Kier alpha value is -2.23. The van der Waals surface area contributed by atoms with E-state index < -0.39 is 0 Å². The van der Waals surface area contributed by atoms with Crippen LogP contribution in [0.1, 0.15) is 18.4 Å². The number of benzene rings is 1. The predicted octanol–water partition coefficient (Wildman–Crippen LogP) is 3.77. The number of hydrogen-bond acceptors (Lipinski definition) is 7. The molecule has 0 radical (unpaired) electrons. The van der Waals surface area contributed by atoms with Gasteiger partial charge < -0.3 is 10.1 Å². The fraction of sp³-hybridized carbons (Fsp3) is 0.222. The molecule has 1 saturated heterocycles. The second-order valence-corrected chi connectivity index (χ2v) is 8.17. The Bertz CT molecular complexity index is 881. The molecule has 2 heterocycles. The normalized spacial score (nSPS) is 15.4. The van der Waals surface area contributed by atoms with Crippen LogP contribution in [-0.4, -0.2) is 39.7 Å². The maximum atomic E-state index is 12.6. The van der Waals surface area contributed by atoms with Gasteiger partial charge in [0.1, 0.15) is 10.1 Å². The summed E-state index contributed by atoms with van der Waals surface area (Å²) in [5, 5.41) is 5.10. The quantitative estimate of drug-likeness (QED) is 0.544. The Kier molecular flexibility index (Phi) is 6.59. The summed E-state index contributed by atoms with van der Waals surface area (Å²) in [4.78, 5) is 30.6. The van der Waals surface area contributed by atoms with Crippen molar-refractivity contribution in [2.75, 3.05) is 19.0 Å². The molecule has 1 aliphatic heterocycles. The van der Waals surface area contributed by atoms with Gasteiger partial charge in [-0.1, -0.05) is 36.1 Å². The third kappa shape index (κ3) is 5.15. The van der Waals surface area contributed by atoms with Crippen LogP contribution < -0.4 is 10.1 Å². The highest BCUT2D eigenvalue weighted by atomic mass is 32.2. The van der Waals surface area contributed by atoms with Gasteiger partial charge in [0.25, 0.3) is 5.91 Å². The fourth-order valence-corrected chi connectivity index (χ4v) is 4.29. The molecule has 0 bridgehead atoms. The highest BCUT2D eigenvalue weighted by Crippen LogP contribution is 2.33. The molecule has 1 N–H and O–H groups in total. The number of carbonyl (C=O) groups is 2. The van der Waals surface area contributed by atoms with Crippen molar-refractivity contribution >= 4 is 62.7 Å². The number of thioether (sulfide) groups is 1. The third-order valence-electron chi connectivity index (χ3n) is 3.73. The lowest BCUT2D eigenvalue weighted by atomic mass is 10.2. The number of hydrogen-bond donors (Lipinski definition) is 1. The van der Waals surface area contributed by atoms with E-state index in [1.807, 2.05) is 24.3 Å². The van der Waals surface area contributed by atoms with Crippen molar-refractivity contribution in [3.8, 4) is 5.75 Å². The molecule has 0 atom stereocenters. The van der Waals surface area contributed by atoms with E-state index in [0.29, 0.717) is 33.7 Å². The minimum atomic E-state index is -0.131. The molecule has 0 spiro atoms. The number of carbonyl (C=O) groups excluding carboxylic acids is 2. The Morgan fingerprint density at radius 3 is 3.04 bits per heavy atom. The third-order valence-corrected chi connectivity index (χ3v) is 5.80. The maximum Gasteiger partial charge on any atom is 0.266 e. The molecule has 0 unspecified atom stereocenters. The minimum absolute atomic E-state index is 0.123. The second kappa shape index (κ2) is 9.12. The van der Waals surface area contributed by atoms with Gasteiger partial charge >= 0.3 is 0 Å². The summed E-state index contributed by atoms with van der Waals surface area (Å²) < 4.78 is 5.71. The molecule has 9 heteroatoms. The number of aromatic nitrogens is 1. The summed E-state index contributed by atoms with van der Waals surface area (Å²) >= 11 is 7.96.